The fraction of sp³-hybridized carbons (Fsp3) is 0.500. The van der Waals surface area contributed by atoms with Crippen LogP contribution < -0.4 is 10.6 Å². The standard InChI is InChI=1S/C18H27N5O2.ClH/c1-13(2)15-7-5-6-8-16(15)23-14(3)21-17(22-23)18(24)20-10-9-19-11-12-25-4;/h5-8,13,19H,9-12H2,1-4H3,(H,20,24);1H. The Balaban J connectivity index is 0.00000338. The molecule has 7 nitrogen and oxygen atoms in total. The zero-order chi connectivity index (χ0) is 18.2. The summed E-state index contributed by atoms with van der Waals surface area (Å²) in [5.41, 5.74) is 2.13. The number of halogens is 1. The van der Waals surface area contributed by atoms with Gasteiger partial charge in [-0.05, 0) is 24.5 Å². The number of hydrogen-bond donors (Lipinski definition) is 2. The molecule has 1 aromatic heterocycles. The number of aryl methyl sites for hydroxylation is 1. The van der Waals surface area contributed by atoms with E-state index in [-0.39, 0.29) is 24.1 Å². The number of hydrogen-bond acceptors (Lipinski definition) is 5. The molecule has 0 radical (unpaired) electrons. The van der Waals surface area contributed by atoms with Crippen molar-refractivity contribution in [3.05, 3.63) is 41.5 Å². The molecule has 0 spiro atoms. The highest BCUT2D eigenvalue weighted by molar-refractivity contribution is 5.90. The first-order valence-corrected chi connectivity index (χ1v) is 8.55. The number of rotatable bonds is 9. The van der Waals surface area contributed by atoms with Gasteiger partial charge in [0.15, 0.2) is 0 Å². The van der Waals surface area contributed by atoms with Crippen LogP contribution in [0.3, 0.4) is 0 Å². The molecule has 1 heterocycles. The molecule has 0 unspecified atom stereocenters. The summed E-state index contributed by atoms with van der Waals surface area (Å²) in [6.45, 7) is 8.71. The SMILES string of the molecule is COCCNCCNC(=O)c1nc(C)n(-c2ccccc2C(C)C)n1.Cl. The van der Waals surface area contributed by atoms with Crippen LogP contribution in [-0.2, 0) is 4.74 Å². The highest BCUT2D eigenvalue weighted by atomic mass is 35.5. The Kier molecular flexibility index (Phi) is 9.26. The molecule has 8 heteroatoms. The predicted octanol–water partition coefficient (Wildman–Crippen LogP) is 2.09. The number of nitrogens with zero attached hydrogens (tertiary/aromatic N) is 3. The molecule has 2 rings (SSSR count). The quantitative estimate of drug-likeness (QED) is 0.650. The van der Waals surface area contributed by atoms with Gasteiger partial charge in [0.1, 0.15) is 5.82 Å². The maximum Gasteiger partial charge on any atom is 0.291 e. The Labute approximate surface area is 160 Å². The second kappa shape index (κ2) is 10.9. The van der Waals surface area contributed by atoms with Gasteiger partial charge in [-0.1, -0.05) is 32.0 Å². The van der Waals surface area contributed by atoms with Gasteiger partial charge in [-0.3, -0.25) is 4.79 Å². The van der Waals surface area contributed by atoms with Crippen LogP contribution in [0.4, 0.5) is 0 Å². The van der Waals surface area contributed by atoms with E-state index in [9.17, 15) is 4.79 Å². The summed E-state index contributed by atoms with van der Waals surface area (Å²) in [6.07, 6.45) is 0. The van der Waals surface area contributed by atoms with Crippen LogP contribution in [0.15, 0.2) is 24.3 Å². The van der Waals surface area contributed by atoms with E-state index >= 15 is 0 Å². The molecule has 0 aliphatic carbocycles. The van der Waals surface area contributed by atoms with Crippen LogP contribution >= 0.6 is 12.4 Å². The second-order valence-corrected chi connectivity index (χ2v) is 6.11. The summed E-state index contributed by atoms with van der Waals surface area (Å²) in [7, 11) is 1.66. The van der Waals surface area contributed by atoms with Crippen LogP contribution in [0, 0.1) is 6.92 Å². The Morgan fingerprint density at radius 2 is 1.96 bits per heavy atom. The fourth-order valence-electron chi connectivity index (χ4n) is 2.53. The van der Waals surface area contributed by atoms with Crippen molar-refractivity contribution >= 4 is 18.3 Å². The van der Waals surface area contributed by atoms with Crippen LogP contribution in [0.2, 0.25) is 0 Å². The van der Waals surface area contributed by atoms with Crippen LogP contribution in [0.25, 0.3) is 5.69 Å². The largest absolute Gasteiger partial charge is 0.383 e. The molecule has 2 aromatic rings. The number of para-hydroxylation sites is 1. The van der Waals surface area contributed by atoms with E-state index in [1.165, 1.54) is 5.56 Å². The van der Waals surface area contributed by atoms with Crippen molar-refractivity contribution in [1.82, 2.24) is 25.4 Å². The Hall–Kier alpha value is -1.96. The molecule has 1 aromatic carbocycles. The van der Waals surface area contributed by atoms with Crippen molar-refractivity contribution in [2.75, 3.05) is 33.4 Å². The Morgan fingerprint density at radius 3 is 2.65 bits per heavy atom. The van der Waals surface area contributed by atoms with Gasteiger partial charge in [-0.2, -0.15) is 0 Å². The van der Waals surface area contributed by atoms with E-state index in [0.717, 1.165) is 12.2 Å². The molecular formula is C18H28ClN5O2. The van der Waals surface area contributed by atoms with Gasteiger partial charge in [-0.15, -0.1) is 17.5 Å². The Morgan fingerprint density at radius 1 is 1.23 bits per heavy atom. The summed E-state index contributed by atoms with van der Waals surface area (Å²) < 4.78 is 6.69. The number of aromatic nitrogens is 3. The van der Waals surface area contributed by atoms with Crippen molar-refractivity contribution in [1.29, 1.82) is 0 Å². The first kappa shape index (κ1) is 22.1. The van der Waals surface area contributed by atoms with Gasteiger partial charge < -0.3 is 15.4 Å². The summed E-state index contributed by atoms with van der Waals surface area (Å²) in [4.78, 5) is 16.6. The van der Waals surface area contributed by atoms with E-state index in [4.69, 9.17) is 4.74 Å². The van der Waals surface area contributed by atoms with Crippen LogP contribution in [0.5, 0.6) is 0 Å². The van der Waals surface area contributed by atoms with Gasteiger partial charge in [0, 0.05) is 26.7 Å². The van der Waals surface area contributed by atoms with E-state index in [1.807, 2.05) is 25.1 Å². The second-order valence-electron chi connectivity index (χ2n) is 6.11. The lowest BCUT2D eigenvalue weighted by molar-refractivity contribution is 0.0943. The predicted molar refractivity (Wildman–Crippen MR) is 105 cm³/mol. The minimum atomic E-state index is -0.266. The molecule has 2 N–H and O–H groups in total. The number of methoxy groups -OCH3 is 1. The molecule has 26 heavy (non-hydrogen) atoms. The van der Waals surface area contributed by atoms with Crippen molar-refractivity contribution in [3.8, 4) is 5.69 Å². The molecule has 0 saturated carbocycles. The topological polar surface area (TPSA) is 81.1 Å². The van der Waals surface area contributed by atoms with Crippen LogP contribution in [-0.4, -0.2) is 54.0 Å². The average molecular weight is 382 g/mol. The summed E-state index contributed by atoms with van der Waals surface area (Å²) in [6, 6.07) is 8.05. The molecule has 1 amide bonds. The number of carbonyl (C=O) groups is 1. The minimum Gasteiger partial charge on any atom is -0.383 e. The van der Waals surface area contributed by atoms with Crippen molar-refractivity contribution in [2.45, 2.75) is 26.7 Å². The van der Waals surface area contributed by atoms with Gasteiger partial charge >= 0.3 is 0 Å². The summed E-state index contributed by atoms with van der Waals surface area (Å²) >= 11 is 0. The molecule has 0 atom stereocenters. The highest BCUT2D eigenvalue weighted by Gasteiger charge is 2.17. The zero-order valence-corrected chi connectivity index (χ0v) is 16.6. The lowest BCUT2D eigenvalue weighted by Gasteiger charge is -2.12. The molecule has 0 aliphatic rings. The third-order valence-electron chi connectivity index (χ3n) is 3.83. The summed E-state index contributed by atoms with van der Waals surface area (Å²) in [5, 5.41) is 10.4. The maximum absolute atomic E-state index is 12.2. The average Bonchev–Trinajstić information content (AvgIpc) is 2.99. The minimum absolute atomic E-state index is 0. The zero-order valence-electron chi connectivity index (χ0n) is 15.8. The highest BCUT2D eigenvalue weighted by Crippen LogP contribution is 2.23. The monoisotopic (exact) mass is 381 g/mol. The van der Waals surface area contributed by atoms with E-state index in [1.54, 1.807) is 11.8 Å². The first-order valence-electron chi connectivity index (χ1n) is 8.55. The molecular weight excluding hydrogens is 354 g/mol. The lowest BCUT2D eigenvalue weighted by Crippen LogP contribution is -2.33. The van der Waals surface area contributed by atoms with Gasteiger partial charge in [0.25, 0.3) is 5.91 Å². The van der Waals surface area contributed by atoms with E-state index in [2.05, 4.69) is 40.6 Å². The number of ether oxygens (including phenoxy) is 1. The number of carbonyl (C=O) groups excluding carboxylic acids is 1. The lowest BCUT2D eigenvalue weighted by atomic mass is 10.0. The molecule has 0 aliphatic heterocycles. The van der Waals surface area contributed by atoms with Crippen LogP contribution in [0.1, 0.15) is 41.8 Å². The maximum atomic E-state index is 12.2. The number of nitrogens with one attached hydrogen (secondary N) is 2. The molecule has 0 fully saturated rings. The smallest absolute Gasteiger partial charge is 0.291 e. The normalized spacial score (nSPS) is 10.7. The third-order valence-corrected chi connectivity index (χ3v) is 3.83. The summed E-state index contributed by atoms with van der Waals surface area (Å²) in [5.74, 6) is 0.970. The Bertz CT molecular complexity index is 703. The van der Waals surface area contributed by atoms with E-state index in [0.29, 0.717) is 31.4 Å². The van der Waals surface area contributed by atoms with Crippen molar-refractivity contribution in [2.24, 2.45) is 0 Å². The van der Waals surface area contributed by atoms with E-state index < -0.39 is 0 Å². The number of amides is 1. The molecule has 0 saturated heterocycles. The van der Waals surface area contributed by atoms with Gasteiger partial charge in [-0.25, -0.2) is 9.67 Å². The fourth-order valence-corrected chi connectivity index (χ4v) is 2.53. The van der Waals surface area contributed by atoms with Gasteiger partial charge in [0.2, 0.25) is 5.82 Å². The number of benzene rings is 1. The first-order chi connectivity index (χ1) is 12.0. The van der Waals surface area contributed by atoms with Gasteiger partial charge in [0.05, 0.1) is 12.3 Å². The molecule has 144 valence electrons. The molecule has 0 bridgehead atoms. The van der Waals surface area contributed by atoms with Crippen molar-refractivity contribution in [3.63, 3.8) is 0 Å². The van der Waals surface area contributed by atoms with Crippen molar-refractivity contribution < 1.29 is 9.53 Å². The third kappa shape index (κ3) is 5.79.